The van der Waals surface area contributed by atoms with Gasteiger partial charge in [-0.05, 0) is 41.3 Å². The van der Waals surface area contributed by atoms with E-state index in [1.807, 2.05) is 41.8 Å². The van der Waals surface area contributed by atoms with Crippen LogP contribution in [-0.2, 0) is 11.3 Å². The van der Waals surface area contributed by atoms with Crippen molar-refractivity contribution < 1.29 is 19.1 Å². The molecule has 5 nitrogen and oxygen atoms in total. The summed E-state index contributed by atoms with van der Waals surface area (Å²) in [5.74, 6) is -1.50. The van der Waals surface area contributed by atoms with Crippen LogP contribution < -0.4 is 0 Å². The number of benzene rings is 1. The van der Waals surface area contributed by atoms with E-state index in [2.05, 4.69) is 15.9 Å². The van der Waals surface area contributed by atoms with Gasteiger partial charge in [0, 0.05) is 9.35 Å². The van der Waals surface area contributed by atoms with E-state index >= 15 is 0 Å². The minimum atomic E-state index is -0.690. The van der Waals surface area contributed by atoms with Gasteiger partial charge in [-0.2, -0.15) is 0 Å². The first-order valence-electron chi connectivity index (χ1n) is 8.16. The van der Waals surface area contributed by atoms with Crippen molar-refractivity contribution in [2.24, 2.45) is 0 Å². The van der Waals surface area contributed by atoms with E-state index in [0.717, 1.165) is 14.9 Å². The summed E-state index contributed by atoms with van der Waals surface area (Å²) in [4.78, 5) is 28.2. The van der Waals surface area contributed by atoms with Crippen molar-refractivity contribution in [1.82, 2.24) is 4.90 Å². The Hall–Kier alpha value is -2.64. The second-order valence-electron chi connectivity index (χ2n) is 6.04. The largest absolute Gasteiger partial charge is 0.503 e. The Balaban J connectivity index is 1.80. The lowest BCUT2D eigenvalue weighted by atomic mass is 9.95. The highest BCUT2D eigenvalue weighted by atomic mass is 79.9. The molecule has 27 heavy (non-hydrogen) atoms. The van der Waals surface area contributed by atoms with E-state index in [9.17, 15) is 14.7 Å². The molecule has 0 fully saturated rings. The molecule has 3 heterocycles. The molecule has 1 N–H and O–H groups in total. The highest BCUT2D eigenvalue weighted by Gasteiger charge is 2.44. The van der Waals surface area contributed by atoms with E-state index in [-0.39, 0.29) is 11.3 Å². The fraction of sp³-hybridized carbons (Fsp3) is 0.100. The quantitative estimate of drug-likeness (QED) is 0.570. The van der Waals surface area contributed by atoms with Gasteiger partial charge in [0.05, 0.1) is 24.4 Å². The fourth-order valence-corrected chi connectivity index (χ4v) is 4.12. The van der Waals surface area contributed by atoms with Crippen molar-refractivity contribution in [1.29, 1.82) is 0 Å². The Morgan fingerprint density at radius 3 is 2.59 bits per heavy atom. The first kappa shape index (κ1) is 17.8. The molecule has 7 heteroatoms. The van der Waals surface area contributed by atoms with Crippen LogP contribution in [0.1, 0.15) is 27.0 Å². The maximum absolute atomic E-state index is 13.0. The van der Waals surface area contributed by atoms with E-state index in [4.69, 9.17) is 4.42 Å². The zero-order valence-electron chi connectivity index (χ0n) is 14.0. The number of nitrogens with zero attached hydrogens (tertiary/aromatic N) is 1. The third-order valence-electron chi connectivity index (χ3n) is 4.39. The van der Waals surface area contributed by atoms with Gasteiger partial charge < -0.3 is 14.4 Å². The number of aliphatic hydroxyl groups excluding tert-OH is 1. The van der Waals surface area contributed by atoms with E-state index < -0.39 is 23.5 Å². The normalized spacial score (nSPS) is 17.0. The van der Waals surface area contributed by atoms with Crippen molar-refractivity contribution >= 4 is 39.0 Å². The number of carbonyl (C=O) groups is 2. The van der Waals surface area contributed by atoms with Crippen molar-refractivity contribution in [3.05, 3.63) is 92.2 Å². The van der Waals surface area contributed by atoms with Crippen LogP contribution in [0.4, 0.5) is 0 Å². The van der Waals surface area contributed by atoms with Crippen LogP contribution in [-0.4, -0.2) is 21.7 Å². The number of carbonyl (C=O) groups excluding carboxylic acids is 2. The fourth-order valence-electron chi connectivity index (χ4n) is 3.15. The molecule has 1 atom stereocenters. The van der Waals surface area contributed by atoms with Gasteiger partial charge in [-0.15, -0.1) is 11.3 Å². The molecular formula is C20H14BrNO4S. The second-order valence-corrected chi connectivity index (χ2v) is 7.98. The molecule has 0 aliphatic carbocycles. The van der Waals surface area contributed by atoms with E-state index in [1.165, 1.54) is 28.6 Å². The van der Waals surface area contributed by atoms with Crippen LogP contribution in [0.3, 0.4) is 0 Å². The van der Waals surface area contributed by atoms with Crippen molar-refractivity contribution in [3.8, 4) is 0 Å². The zero-order valence-corrected chi connectivity index (χ0v) is 16.4. The van der Waals surface area contributed by atoms with Gasteiger partial charge in [0.1, 0.15) is 0 Å². The van der Waals surface area contributed by atoms with Crippen LogP contribution in [0, 0.1) is 0 Å². The highest BCUT2D eigenvalue weighted by molar-refractivity contribution is 9.10. The Morgan fingerprint density at radius 1 is 1.19 bits per heavy atom. The van der Waals surface area contributed by atoms with Gasteiger partial charge in [-0.1, -0.05) is 34.1 Å². The van der Waals surface area contributed by atoms with Crippen LogP contribution >= 0.6 is 27.3 Å². The average Bonchev–Trinajstić information content (AvgIpc) is 3.41. The molecule has 2 aromatic heterocycles. The van der Waals surface area contributed by atoms with Crippen LogP contribution in [0.25, 0.3) is 0 Å². The third-order valence-corrected chi connectivity index (χ3v) is 5.78. The molecule has 3 aromatic rings. The molecular weight excluding hydrogens is 430 g/mol. The number of furan rings is 1. The smallest absolute Gasteiger partial charge is 0.290 e. The predicted octanol–water partition coefficient (Wildman–Crippen LogP) is 4.88. The number of hydrogen-bond donors (Lipinski definition) is 1. The first-order valence-corrected chi connectivity index (χ1v) is 9.83. The minimum Gasteiger partial charge on any atom is -0.503 e. The molecule has 0 spiro atoms. The summed E-state index contributed by atoms with van der Waals surface area (Å²) in [7, 11) is 0. The molecule has 1 amide bonds. The summed E-state index contributed by atoms with van der Waals surface area (Å²) in [6.45, 7) is 0.302. The Labute approximate surface area is 167 Å². The Bertz CT molecular complexity index is 1010. The standard InChI is InChI=1S/C20H14BrNO4S/c21-13-7-5-12(6-8-13)17-16(18(23)15-4-1-9-26-15)19(24)20(25)22(17)11-14-3-2-10-27-14/h1-10,17,24H,11H2. The number of hydrogen-bond acceptors (Lipinski definition) is 5. The molecule has 1 aliphatic heterocycles. The molecule has 0 saturated heterocycles. The summed E-state index contributed by atoms with van der Waals surface area (Å²) < 4.78 is 6.09. The van der Waals surface area contributed by atoms with Crippen LogP contribution in [0.5, 0.6) is 0 Å². The van der Waals surface area contributed by atoms with Crippen molar-refractivity contribution in [2.45, 2.75) is 12.6 Å². The van der Waals surface area contributed by atoms with E-state index in [1.54, 1.807) is 6.07 Å². The summed E-state index contributed by atoms with van der Waals surface area (Å²) in [5, 5.41) is 12.5. The average molecular weight is 444 g/mol. The maximum atomic E-state index is 13.0. The van der Waals surface area contributed by atoms with Gasteiger partial charge in [-0.25, -0.2) is 0 Å². The number of aliphatic hydroxyl groups is 1. The summed E-state index contributed by atoms with van der Waals surface area (Å²) >= 11 is 4.91. The number of amides is 1. The molecule has 1 unspecified atom stereocenters. The third kappa shape index (κ3) is 3.24. The van der Waals surface area contributed by atoms with Gasteiger partial charge in [-0.3, -0.25) is 9.59 Å². The Morgan fingerprint density at radius 2 is 1.96 bits per heavy atom. The van der Waals surface area contributed by atoms with Crippen molar-refractivity contribution in [2.75, 3.05) is 0 Å². The van der Waals surface area contributed by atoms with Crippen LogP contribution in [0.2, 0.25) is 0 Å². The number of rotatable bonds is 5. The second kappa shape index (κ2) is 7.17. The molecule has 1 aliphatic rings. The first-order chi connectivity index (χ1) is 13.1. The summed E-state index contributed by atoms with van der Waals surface area (Å²) in [6.07, 6.45) is 1.39. The molecule has 0 bridgehead atoms. The summed E-state index contributed by atoms with van der Waals surface area (Å²) in [6, 6.07) is 13.6. The van der Waals surface area contributed by atoms with Gasteiger partial charge in [0.2, 0.25) is 5.78 Å². The van der Waals surface area contributed by atoms with E-state index in [0.29, 0.717) is 6.54 Å². The van der Waals surface area contributed by atoms with Gasteiger partial charge >= 0.3 is 0 Å². The van der Waals surface area contributed by atoms with Crippen LogP contribution in [0.15, 0.2) is 80.4 Å². The molecule has 1 aromatic carbocycles. The summed E-state index contributed by atoms with van der Waals surface area (Å²) in [5.41, 5.74) is 0.774. The molecule has 4 rings (SSSR count). The number of thiophene rings is 1. The van der Waals surface area contributed by atoms with Gasteiger partial charge in [0.25, 0.3) is 5.91 Å². The molecule has 136 valence electrons. The van der Waals surface area contributed by atoms with Crippen molar-refractivity contribution in [3.63, 3.8) is 0 Å². The van der Waals surface area contributed by atoms with Gasteiger partial charge in [0.15, 0.2) is 11.5 Å². The topological polar surface area (TPSA) is 70.8 Å². The lowest BCUT2D eigenvalue weighted by Crippen LogP contribution is -2.30. The number of halogens is 1. The lowest BCUT2D eigenvalue weighted by Gasteiger charge is -2.26. The minimum absolute atomic E-state index is 0.0360. The molecule has 0 radical (unpaired) electrons. The SMILES string of the molecule is O=C(C1=C(O)C(=O)N(Cc2cccs2)C1c1ccc(Br)cc1)c1ccco1. The molecule has 0 saturated carbocycles. The number of ketones is 1. The monoisotopic (exact) mass is 443 g/mol. The highest BCUT2D eigenvalue weighted by Crippen LogP contribution is 2.40. The predicted molar refractivity (Wildman–Crippen MR) is 104 cm³/mol. The maximum Gasteiger partial charge on any atom is 0.290 e. The Kier molecular flexibility index (Phi) is 4.72. The number of Topliss-reactive ketones (excluding diaryl/α,β-unsaturated/α-hetero) is 1. The lowest BCUT2D eigenvalue weighted by molar-refractivity contribution is -0.130. The zero-order chi connectivity index (χ0) is 19.0.